The molecule has 2 aromatic carbocycles. The molecule has 9 heteroatoms. The Balaban J connectivity index is 1.36. The molecule has 2 aliphatic heterocycles. The molecule has 1 amide bonds. The molecule has 0 bridgehead atoms. The predicted molar refractivity (Wildman–Crippen MR) is 145 cm³/mol. The second kappa shape index (κ2) is 9.47. The Labute approximate surface area is 220 Å². The van der Waals surface area contributed by atoms with Crippen molar-refractivity contribution < 1.29 is 18.7 Å². The highest BCUT2D eigenvalue weighted by molar-refractivity contribution is 6.07. The van der Waals surface area contributed by atoms with E-state index < -0.39 is 11.5 Å². The Morgan fingerprint density at radius 2 is 1.92 bits per heavy atom. The van der Waals surface area contributed by atoms with Gasteiger partial charge in [-0.1, -0.05) is 6.07 Å². The van der Waals surface area contributed by atoms with Gasteiger partial charge in [0.2, 0.25) is 0 Å². The van der Waals surface area contributed by atoms with E-state index in [4.69, 9.17) is 24.6 Å². The first-order valence-corrected chi connectivity index (χ1v) is 13.1. The zero-order chi connectivity index (χ0) is 26.6. The minimum atomic E-state index is -0.722. The molecule has 2 aliphatic rings. The van der Waals surface area contributed by atoms with E-state index in [1.54, 1.807) is 7.05 Å². The summed E-state index contributed by atoms with van der Waals surface area (Å²) in [5.74, 6) is 0.887. The van der Waals surface area contributed by atoms with Crippen LogP contribution in [0.5, 0.6) is 5.75 Å². The highest BCUT2D eigenvalue weighted by Crippen LogP contribution is 2.38. The number of ether oxygens (including phenoxy) is 2. The van der Waals surface area contributed by atoms with E-state index in [1.807, 2.05) is 44.2 Å². The highest BCUT2D eigenvalue weighted by atomic mass is 16.5. The monoisotopic (exact) mass is 516 g/mol. The van der Waals surface area contributed by atoms with Crippen LogP contribution >= 0.6 is 0 Å². The van der Waals surface area contributed by atoms with Gasteiger partial charge in [-0.25, -0.2) is 4.98 Å². The third-order valence-corrected chi connectivity index (χ3v) is 7.81. The molecule has 1 atom stereocenters. The normalized spacial score (nSPS) is 18.5. The predicted octanol–water partition coefficient (Wildman–Crippen LogP) is 3.95. The summed E-state index contributed by atoms with van der Waals surface area (Å²) >= 11 is 0. The molecular weight excluding hydrogens is 484 g/mol. The van der Waals surface area contributed by atoms with Crippen LogP contribution in [0.25, 0.3) is 22.0 Å². The Morgan fingerprint density at radius 3 is 2.63 bits per heavy atom. The van der Waals surface area contributed by atoms with Crippen molar-refractivity contribution in [3.8, 4) is 5.75 Å². The molecule has 2 N–H and O–H groups in total. The summed E-state index contributed by atoms with van der Waals surface area (Å²) in [6.45, 7) is 6.53. The third kappa shape index (κ3) is 4.20. The topological polar surface area (TPSA) is 113 Å². The first kappa shape index (κ1) is 24.5. The first-order valence-electron chi connectivity index (χ1n) is 13.1. The SMILES string of the molecule is Cc1ccc2oc(C3CCN(c4c(C(N)=O)c(=O)n(C)c5cc(OC6CCOC6)c(C)cc45)CC3)nc2c1. The average Bonchev–Trinajstić information content (AvgIpc) is 3.56. The van der Waals surface area contributed by atoms with Gasteiger partial charge in [0.25, 0.3) is 11.5 Å². The van der Waals surface area contributed by atoms with Gasteiger partial charge in [-0.2, -0.15) is 0 Å². The van der Waals surface area contributed by atoms with E-state index in [0.29, 0.717) is 43.3 Å². The summed E-state index contributed by atoms with van der Waals surface area (Å²) in [5, 5.41) is 0.809. The number of nitrogens with zero attached hydrogens (tertiary/aromatic N) is 3. The lowest BCUT2D eigenvalue weighted by Crippen LogP contribution is -2.38. The van der Waals surface area contributed by atoms with E-state index in [-0.39, 0.29) is 17.6 Å². The molecule has 2 saturated heterocycles. The summed E-state index contributed by atoms with van der Waals surface area (Å²) in [6.07, 6.45) is 2.38. The molecule has 0 aliphatic carbocycles. The molecule has 2 fully saturated rings. The van der Waals surface area contributed by atoms with E-state index in [9.17, 15) is 9.59 Å². The number of benzene rings is 2. The molecule has 6 rings (SSSR count). The number of piperidine rings is 1. The van der Waals surface area contributed by atoms with Crippen molar-refractivity contribution in [2.24, 2.45) is 12.8 Å². The summed E-state index contributed by atoms with van der Waals surface area (Å²) in [4.78, 5) is 32.8. The number of amides is 1. The number of carbonyl (C=O) groups excluding carboxylic acids is 1. The largest absolute Gasteiger partial charge is 0.488 e. The van der Waals surface area contributed by atoms with E-state index in [2.05, 4.69) is 4.90 Å². The smallest absolute Gasteiger partial charge is 0.265 e. The molecule has 0 spiro atoms. The van der Waals surface area contributed by atoms with Crippen LogP contribution < -0.4 is 20.9 Å². The van der Waals surface area contributed by atoms with Crippen molar-refractivity contribution in [2.75, 3.05) is 31.2 Å². The number of aryl methyl sites for hydroxylation is 3. The number of aromatic nitrogens is 2. The number of rotatable bonds is 5. The lowest BCUT2D eigenvalue weighted by atomic mass is 9.94. The van der Waals surface area contributed by atoms with Gasteiger partial charge in [-0.3, -0.25) is 9.59 Å². The van der Waals surface area contributed by atoms with Crippen molar-refractivity contribution in [2.45, 2.75) is 45.1 Å². The fourth-order valence-corrected chi connectivity index (χ4v) is 5.70. The molecular formula is C29H32N4O5. The van der Waals surface area contributed by atoms with Crippen molar-refractivity contribution in [1.82, 2.24) is 9.55 Å². The van der Waals surface area contributed by atoms with Crippen LogP contribution in [0, 0.1) is 13.8 Å². The lowest BCUT2D eigenvalue weighted by molar-refractivity contribution is 0.0999. The zero-order valence-corrected chi connectivity index (χ0v) is 22.0. The Kier molecular flexibility index (Phi) is 6.10. The van der Waals surface area contributed by atoms with Crippen LogP contribution in [0.3, 0.4) is 0 Å². The maximum atomic E-state index is 13.4. The molecule has 1 unspecified atom stereocenters. The Hall–Kier alpha value is -3.85. The lowest BCUT2D eigenvalue weighted by Gasteiger charge is -2.34. The summed E-state index contributed by atoms with van der Waals surface area (Å²) in [7, 11) is 1.67. The molecule has 9 nitrogen and oxygen atoms in total. The van der Waals surface area contributed by atoms with Gasteiger partial charge < -0.3 is 29.1 Å². The van der Waals surface area contributed by atoms with Gasteiger partial charge in [0.15, 0.2) is 11.5 Å². The maximum absolute atomic E-state index is 13.4. The number of fused-ring (bicyclic) bond motifs is 2. The highest BCUT2D eigenvalue weighted by Gasteiger charge is 2.30. The van der Waals surface area contributed by atoms with E-state index in [0.717, 1.165) is 52.8 Å². The second-order valence-corrected chi connectivity index (χ2v) is 10.5. The molecule has 4 heterocycles. The van der Waals surface area contributed by atoms with E-state index >= 15 is 0 Å². The Morgan fingerprint density at radius 1 is 1.13 bits per heavy atom. The average molecular weight is 517 g/mol. The van der Waals surface area contributed by atoms with Crippen molar-refractivity contribution >= 4 is 33.6 Å². The molecule has 38 heavy (non-hydrogen) atoms. The fourth-order valence-electron chi connectivity index (χ4n) is 5.70. The fraction of sp³-hybridized carbons (Fsp3) is 0.414. The van der Waals surface area contributed by atoms with E-state index in [1.165, 1.54) is 4.57 Å². The zero-order valence-electron chi connectivity index (χ0n) is 22.0. The minimum absolute atomic E-state index is 0.0117. The standard InChI is InChI=1S/C29H32N4O5/c1-16-4-5-23-21(12-16)31-28(38-23)18-6-9-33(10-7-18)26-20-13-17(2)24(37-19-8-11-36-15-19)14-22(20)32(3)29(35)25(26)27(30)34/h4-5,12-14,18-19H,6-11,15H2,1-3H3,(H2,30,34). The van der Waals surface area contributed by atoms with Crippen LogP contribution in [0.15, 0.2) is 39.5 Å². The van der Waals surface area contributed by atoms with Gasteiger partial charge in [-0.05, 0) is 56.0 Å². The molecule has 4 aromatic rings. The molecule has 2 aromatic heterocycles. The minimum Gasteiger partial charge on any atom is -0.488 e. The number of hydrogen-bond acceptors (Lipinski definition) is 7. The van der Waals surface area contributed by atoms with Gasteiger partial charge in [0.1, 0.15) is 22.9 Å². The van der Waals surface area contributed by atoms with Crippen molar-refractivity contribution in [3.05, 3.63) is 63.3 Å². The maximum Gasteiger partial charge on any atom is 0.265 e. The van der Waals surface area contributed by atoms with Gasteiger partial charge in [0.05, 0.1) is 24.4 Å². The van der Waals surface area contributed by atoms with Crippen LogP contribution in [-0.2, 0) is 11.8 Å². The number of anilines is 1. The summed E-state index contributed by atoms with van der Waals surface area (Å²) in [5.41, 5.74) is 10.4. The number of hydrogen-bond donors (Lipinski definition) is 1. The summed E-state index contributed by atoms with van der Waals surface area (Å²) < 4.78 is 19.2. The number of carbonyl (C=O) groups is 1. The summed E-state index contributed by atoms with van der Waals surface area (Å²) in [6, 6.07) is 9.90. The van der Waals surface area contributed by atoms with Crippen LogP contribution in [-0.4, -0.2) is 47.9 Å². The van der Waals surface area contributed by atoms with Gasteiger partial charge in [-0.15, -0.1) is 0 Å². The Bertz CT molecular complexity index is 1610. The quantitative estimate of drug-likeness (QED) is 0.427. The van der Waals surface area contributed by atoms with Crippen molar-refractivity contribution in [3.63, 3.8) is 0 Å². The number of pyridine rings is 1. The second-order valence-electron chi connectivity index (χ2n) is 10.5. The van der Waals surface area contributed by atoms with Gasteiger partial charge >= 0.3 is 0 Å². The first-order chi connectivity index (χ1) is 18.3. The molecule has 0 saturated carbocycles. The van der Waals surface area contributed by atoms with Gasteiger partial charge in [0, 0.05) is 43.9 Å². The number of primary amides is 1. The number of nitrogens with two attached hydrogens (primary N) is 1. The van der Waals surface area contributed by atoms with Crippen LogP contribution in [0.2, 0.25) is 0 Å². The number of oxazole rings is 1. The third-order valence-electron chi connectivity index (χ3n) is 7.81. The molecule has 198 valence electrons. The molecule has 0 radical (unpaired) electrons. The van der Waals surface area contributed by atoms with Crippen molar-refractivity contribution in [1.29, 1.82) is 0 Å². The van der Waals surface area contributed by atoms with Crippen LogP contribution in [0.4, 0.5) is 5.69 Å². The van der Waals surface area contributed by atoms with Crippen LogP contribution in [0.1, 0.15) is 52.6 Å².